The van der Waals surface area contributed by atoms with Crippen LogP contribution in [0.5, 0.6) is 0 Å². The monoisotopic (exact) mass is 238 g/mol. The first kappa shape index (κ1) is 36.1. The van der Waals surface area contributed by atoms with E-state index in [4.69, 9.17) is 9.47 Å². The molecule has 0 aliphatic rings. The quantitative estimate of drug-likeness (QED) is 0.447. The molecular formula is C14H38O2. The topological polar surface area (TPSA) is 18.5 Å². The van der Waals surface area contributed by atoms with E-state index in [1.54, 1.807) is 0 Å². The lowest BCUT2D eigenvalue weighted by Crippen LogP contribution is -1.88. The highest BCUT2D eigenvalue weighted by atomic mass is 16.5. The van der Waals surface area contributed by atoms with Crippen molar-refractivity contribution in [1.82, 2.24) is 0 Å². The molecular weight excluding hydrogens is 200 g/mol. The Labute approximate surface area is 106 Å². The fourth-order valence-electron chi connectivity index (χ4n) is 0.490. The van der Waals surface area contributed by atoms with Gasteiger partial charge in [0.25, 0.3) is 0 Å². The molecule has 0 atom stereocenters. The van der Waals surface area contributed by atoms with Gasteiger partial charge in [0.1, 0.15) is 0 Å². The zero-order valence-corrected chi connectivity index (χ0v) is 8.64. The van der Waals surface area contributed by atoms with Crippen LogP contribution in [-0.2, 0) is 9.47 Å². The molecule has 0 heterocycles. The van der Waals surface area contributed by atoms with Crippen molar-refractivity contribution in [2.24, 2.45) is 0 Å². The second-order valence-corrected chi connectivity index (χ2v) is 2.23. The number of rotatable bonds is 6. The molecule has 16 heavy (non-hydrogen) atoms. The predicted octanol–water partition coefficient (Wildman–Crippen LogP) is 5.53. The molecule has 0 fully saturated rings. The molecule has 0 rings (SSSR count). The van der Waals surface area contributed by atoms with E-state index in [0.717, 1.165) is 32.7 Å². The van der Waals surface area contributed by atoms with Gasteiger partial charge in [0.15, 0.2) is 0 Å². The van der Waals surface area contributed by atoms with Crippen LogP contribution in [0.2, 0.25) is 0 Å². The summed E-state index contributed by atoms with van der Waals surface area (Å²) in [5, 5.41) is 0. The zero-order chi connectivity index (χ0) is 9.66. The van der Waals surface area contributed by atoms with Crippen LogP contribution >= 0.6 is 0 Å². The average Bonchev–Trinajstić information content (AvgIpc) is 2.12. The van der Waals surface area contributed by atoms with Crippen LogP contribution in [0.4, 0.5) is 0 Å². The Hall–Kier alpha value is -0.500. The van der Waals surface area contributed by atoms with Gasteiger partial charge in [0, 0.05) is 13.2 Å². The predicted molar refractivity (Wildman–Crippen MR) is 80.1 cm³/mol. The van der Waals surface area contributed by atoms with Gasteiger partial charge in [-0.05, 0) is 19.8 Å². The minimum Gasteiger partial charge on any atom is -0.502 e. The Bertz CT molecular complexity index is 69.1. The lowest BCUT2D eigenvalue weighted by Gasteiger charge is -1.91. The maximum absolute atomic E-state index is 4.98. The SMILES string of the molecule is C.C.C.C.C=COCCC.CCCOCC. The minimum atomic E-state index is 0. The van der Waals surface area contributed by atoms with Crippen LogP contribution in [0.3, 0.4) is 0 Å². The van der Waals surface area contributed by atoms with Crippen molar-refractivity contribution in [2.75, 3.05) is 19.8 Å². The Balaban J connectivity index is -0.0000000250. The summed E-state index contributed by atoms with van der Waals surface area (Å²) < 4.78 is 9.73. The van der Waals surface area contributed by atoms with Crippen LogP contribution in [-0.4, -0.2) is 19.8 Å². The molecule has 0 N–H and O–H groups in total. The summed E-state index contributed by atoms with van der Waals surface area (Å²) >= 11 is 0. The van der Waals surface area contributed by atoms with Gasteiger partial charge in [-0.3, -0.25) is 0 Å². The van der Waals surface area contributed by atoms with Crippen LogP contribution in [0.15, 0.2) is 12.8 Å². The van der Waals surface area contributed by atoms with Gasteiger partial charge in [-0.1, -0.05) is 50.1 Å². The van der Waals surface area contributed by atoms with Gasteiger partial charge >= 0.3 is 0 Å². The van der Waals surface area contributed by atoms with Gasteiger partial charge < -0.3 is 9.47 Å². The highest BCUT2D eigenvalue weighted by Gasteiger charge is 1.72. The molecule has 2 heteroatoms. The van der Waals surface area contributed by atoms with Gasteiger partial charge in [-0.2, -0.15) is 0 Å². The van der Waals surface area contributed by atoms with E-state index in [1.807, 2.05) is 6.92 Å². The fourth-order valence-corrected chi connectivity index (χ4v) is 0.490. The summed E-state index contributed by atoms with van der Waals surface area (Å²) in [5.74, 6) is 0. The molecule has 0 bridgehead atoms. The summed E-state index contributed by atoms with van der Waals surface area (Å²) in [7, 11) is 0. The van der Waals surface area contributed by atoms with Gasteiger partial charge in [0.2, 0.25) is 0 Å². The Morgan fingerprint density at radius 3 is 1.44 bits per heavy atom. The van der Waals surface area contributed by atoms with Crippen molar-refractivity contribution < 1.29 is 9.47 Å². The van der Waals surface area contributed by atoms with Crippen LogP contribution in [0, 0.1) is 0 Å². The van der Waals surface area contributed by atoms with E-state index in [1.165, 1.54) is 6.26 Å². The summed E-state index contributed by atoms with van der Waals surface area (Å²) in [6.45, 7) is 12.1. The van der Waals surface area contributed by atoms with E-state index >= 15 is 0 Å². The number of hydrogen-bond donors (Lipinski definition) is 0. The fraction of sp³-hybridized carbons (Fsp3) is 0.857. The molecule has 0 saturated heterocycles. The maximum atomic E-state index is 4.98. The smallest absolute Gasteiger partial charge is 0.0870 e. The third-order valence-corrected chi connectivity index (χ3v) is 0.992. The van der Waals surface area contributed by atoms with Gasteiger partial charge in [-0.15, -0.1) is 0 Å². The van der Waals surface area contributed by atoms with Crippen LogP contribution in [0.25, 0.3) is 0 Å². The van der Waals surface area contributed by atoms with Crippen molar-refractivity contribution in [1.29, 1.82) is 0 Å². The molecule has 0 spiro atoms. The zero-order valence-electron chi connectivity index (χ0n) is 8.64. The molecule has 106 valence electrons. The number of ether oxygens (including phenoxy) is 2. The molecule has 0 aromatic rings. The van der Waals surface area contributed by atoms with Gasteiger partial charge in [-0.25, -0.2) is 0 Å². The third-order valence-electron chi connectivity index (χ3n) is 0.992. The molecule has 0 aliphatic heterocycles. The van der Waals surface area contributed by atoms with Crippen LogP contribution < -0.4 is 0 Å². The van der Waals surface area contributed by atoms with Crippen molar-refractivity contribution in [2.45, 2.75) is 63.3 Å². The Morgan fingerprint density at radius 2 is 1.31 bits per heavy atom. The van der Waals surface area contributed by atoms with Crippen molar-refractivity contribution >= 4 is 0 Å². The molecule has 0 saturated carbocycles. The second-order valence-electron chi connectivity index (χ2n) is 2.23. The van der Waals surface area contributed by atoms with E-state index in [-0.39, 0.29) is 29.7 Å². The van der Waals surface area contributed by atoms with Crippen molar-refractivity contribution in [3.63, 3.8) is 0 Å². The number of hydrogen-bond acceptors (Lipinski definition) is 2. The Kier molecular flexibility index (Phi) is 106. The first-order chi connectivity index (χ1) is 5.83. The minimum absolute atomic E-state index is 0. The van der Waals surface area contributed by atoms with E-state index in [2.05, 4.69) is 20.4 Å². The largest absolute Gasteiger partial charge is 0.502 e. The highest BCUT2D eigenvalue weighted by Crippen LogP contribution is 1.76. The summed E-state index contributed by atoms with van der Waals surface area (Å²) in [4.78, 5) is 0. The molecule has 0 unspecified atom stereocenters. The maximum Gasteiger partial charge on any atom is 0.0870 e. The highest BCUT2D eigenvalue weighted by molar-refractivity contribution is 4.46. The molecule has 0 amide bonds. The summed E-state index contributed by atoms with van der Waals surface area (Å²) in [6, 6.07) is 0. The first-order valence-corrected chi connectivity index (χ1v) is 4.63. The van der Waals surface area contributed by atoms with Gasteiger partial charge in [0.05, 0.1) is 12.9 Å². The Morgan fingerprint density at radius 1 is 0.875 bits per heavy atom. The van der Waals surface area contributed by atoms with Crippen LogP contribution in [0.1, 0.15) is 63.3 Å². The first-order valence-electron chi connectivity index (χ1n) is 4.63. The summed E-state index contributed by atoms with van der Waals surface area (Å²) in [5.41, 5.74) is 0. The molecule has 0 radical (unpaired) electrons. The van der Waals surface area contributed by atoms with E-state index in [0.29, 0.717) is 0 Å². The van der Waals surface area contributed by atoms with E-state index < -0.39 is 0 Å². The van der Waals surface area contributed by atoms with E-state index in [9.17, 15) is 0 Å². The average molecular weight is 238 g/mol. The van der Waals surface area contributed by atoms with Crippen molar-refractivity contribution in [3.8, 4) is 0 Å². The molecule has 0 aromatic heterocycles. The standard InChI is InChI=1S/C5H12O.C5H10O.4CH4/c2*1-3-5-6-4-2;;;;/h3-5H2,1-2H3;4H,2-3,5H2,1H3;4*1H4. The molecule has 2 nitrogen and oxygen atoms in total. The third kappa shape index (κ3) is 69.7. The summed E-state index contributed by atoms with van der Waals surface area (Å²) in [6.07, 6.45) is 3.66. The molecule has 0 aliphatic carbocycles. The lowest BCUT2D eigenvalue weighted by atomic mass is 10.5. The normalized spacial score (nSPS) is 6.19. The molecule has 0 aromatic carbocycles. The lowest BCUT2D eigenvalue weighted by molar-refractivity contribution is 0.148. The second kappa shape index (κ2) is 47.0. The van der Waals surface area contributed by atoms with Crippen molar-refractivity contribution in [3.05, 3.63) is 12.8 Å².